The monoisotopic (exact) mass is 380 g/mol. The van der Waals surface area contributed by atoms with Gasteiger partial charge in [-0.3, -0.25) is 9.69 Å². The lowest BCUT2D eigenvalue weighted by atomic mass is 9.93. The lowest BCUT2D eigenvalue weighted by Crippen LogP contribution is -2.31. The first-order valence-electron chi connectivity index (χ1n) is 9.82. The number of rotatable bonds is 6. The highest BCUT2D eigenvalue weighted by atomic mass is 16.6. The minimum absolute atomic E-state index is 0.0676. The van der Waals surface area contributed by atoms with E-state index in [0.29, 0.717) is 24.6 Å². The molecule has 0 aromatic heterocycles. The molecule has 0 spiro atoms. The van der Waals surface area contributed by atoms with Gasteiger partial charge in [0.05, 0.1) is 12.6 Å². The Morgan fingerprint density at radius 3 is 2.07 bits per heavy atom. The summed E-state index contributed by atoms with van der Waals surface area (Å²) in [5, 5.41) is 3.15. The molecule has 1 unspecified atom stereocenters. The van der Waals surface area contributed by atoms with Gasteiger partial charge in [-0.25, -0.2) is 4.79 Å². The van der Waals surface area contributed by atoms with Crippen molar-refractivity contribution < 1.29 is 14.3 Å². The van der Waals surface area contributed by atoms with Gasteiger partial charge in [-0.15, -0.1) is 0 Å². The Hall–Kier alpha value is -2.82. The number of benzene rings is 2. The average molecular weight is 380 g/mol. The molecule has 0 saturated carbocycles. The second kappa shape index (κ2) is 8.46. The van der Waals surface area contributed by atoms with E-state index in [1.165, 1.54) is 5.56 Å². The number of carbonyl (C=O) groups excluding carboxylic acids is 2. The van der Waals surface area contributed by atoms with Crippen LogP contribution in [0, 0.1) is 5.92 Å². The number of anilines is 1. The third-order valence-electron chi connectivity index (χ3n) is 5.12. The number of ether oxygens (including phenoxy) is 1. The Morgan fingerprint density at radius 1 is 0.964 bits per heavy atom. The summed E-state index contributed by atoms with van der Waals surface area (Å²) < 4.78 is 4.96. The van der Waals surface area contributed by atoms with Gasteiger partial charge < -0.3 is 10.1 Å². The van der Waals surface area contributed by atoms with Gasteiger partial charge in [-0.2, -0.15) is 0 Å². The first-order valence-corrected chi connectivity index (χ1v) is 9.82. The van der Waals surface area contributed by atoms with Crippen molar-refractivity contribution in [2.75, 3.05) is 18.1 Å². The number of hydrogen-bond donors (Lipinski definition) is 1. The van der Waals surface area contributed by atoms with Gasteiger partial charge in [-0.05, 0) is 47.2 Å². The summed E-state index contributed by atoms with van der Waals surface area (Å²) in [6.07, 6.45) is -0.345. The van der Waals surface area contributed by atoms with Crippen LogP contribution in [-0.2, 0) is 4.74 Å². The first kappa shape index (κ1) is 19.9. The van der Waals surface area contributed by atoms with Crippen molar-refractivity contribution in [1.82, 2.24) is 5.32 Å². The Bertz CT molecular complexity index is 826. The highest BCUT2D eigenvalue weighted by Gasteiger charge is 2.24. The maximum absolute atomic E-state index is 12.8. The Balaban J connectivity index is 1.72. The third kappa shape index (κ3) is 4.35. The Morgan fingerprint density at radius 2 is 1.57 bits per heavy atom. The molecule has 0 aliphatic carbocycles. The van der Waals surface area contributed by atoms with Crippen LogP contribution in [0.4, 0.5) is 10.5 Å². The van der Waals surface area contributed by atoms with Crippen LogP contribution in [0.5, 0.6) is 0 Å². The minimum Gasteiger partial charge on any atom is -0.447 e. The molecule has 2 aromatic carbocycles. The zero-order valence-electron chi connectivity index (χ0n) is 16.9. The molecular weight excluding hydrogens is 352 g/mol. The van der Waals surface area contributed by atoms with E-state index in [1.807, 2.05) is 0 Å². The minimum atomic E-state index is -0.345. The molecule has 3 rings (SSSR count). The Kier molecular flexibility index (Phi) is 6.02. The predicted octanol–water partition coefficient (Wildman–Crippen LogP) is 4.89. The molecule has 1 N–H and O–H groups in total. The summed E-state index contributed by atoms with van der Waals surface area (Å²) in [5.41, 5.74) is 3.70. The largest absolute Gasteiger partial charge is 0.447 e. The van der Waals surface area contributed by atoms with Crippen LogP contribution in [0.2, 0.25) is 0 Å². The van der Waals surface area contributed by atoms with E-state index in [-0.39, 0.29) is 24.0 Å². The maximum atomic E-state index is 12.8. The second-order valence-corrected chi connectivity index (χ2v) is 7.83. The SMILES string of the molecule is CC(C)c1ccc(C(NC(=O)c2ccc(N3CCOC3=O)cc2)C(C)C)cc1. The van der Waals surface area contributed by atoms with Crippen LogP contribution in [0.15, 0.2) is 48.5 Å². The zero-order chi connectivity index (χ0) is 20.3. The van der Waals surface area contributed by atoms with Crippen molar-refractivity contribution in [2.24, 2.45) is 5.92 Å². The fourth-order valence-corrected chi connectivity index (χ4v) is 3.37. The van der Waals surface area contributed by atoms with E-state index >= 15 is 0 Å². The van der Waals surface area contributed by atoms with Crippen LogP contribution in [0.25, 0.3) is 0 Å². The normalized spacial score (nSPS) is 15.1. The molecule has 1 aliphatic heterocycles. The van der Waals surface area contributed by atoms with Crippen LogP contribution >= 0.6 is 0 Å². The fourth-order valence-electron chi connectivity index (χ4n) is 3.37. The molecule has 1 heterocycles. The summed E-state index contributed by atoms with van der Waals surface area (Å²) in [7, 11) is 0. The molecule has 2 amide bonds. The third-order valence-corrected chi connectivity index (χ3v) is 5.12. The lowest BCUT2D eigenvalue weighted by Gasteiger charge is -2.23. The average Bonchev–Trinajstić information content (AvgIpc) is 3.12. The summed E-state index contributed by atoms with van der Waals surface area (Å²) in [4.78, 5) is 26.0. The van der Waals surface area contributed by atoms with Crippen molar-refractivity contribution in [3.05, 3.63) is 65.2 Å². The molecule has 5 heteroatoms. The van der Waals surface area contributed by atoms with Crippen molar-refractivity contribution in [1.29, 1.82) is 0 Å². The van der Waals surface area contributed by atoms with E-state index in [2.05, 4.69) is 57.3 Å². The summed E-state index contributed by atoms with van der Waals surface area (Å²) >= 11 is 0. The molecule has 28 heavy (non-hydrogen) atoms. The first-order chi connectivity index (χ1) is 13.4. The number of amides is 2. The topological polar surface area (TPSA) is 58.6 Å². The molecule has 1 aliphatic rings. The van der Waals surface area contributed by atoms with Gasteiger partial charge in [0, 0.05) is 11.3 Å². The number of hydrogen-bond acceptors (Lipinski definition) is 3. The molecule has 5 nitrogen and oxygen atoms in total. The molecule has 0 radical (unpaired) electrons. The van der Waals surface area contributed by atoms with Crippen LogP contribution < -0.4 is 10.2 Å². The van der Waals surface area contributed by atoms with Gasteiger partial charge >= 0.3 is 6.09 Å². The van der Waals surface area contributed by atoms with Crippen molar-refractivity contribution in [3.63, 3.8) is 0 Å². The van der Waals surface area contributed by atoms with E-state index in [4.69, 9.17) is 4.74 Å². The van der Waals surface area contributed by atoms with Crippen LogP contribution in [-0.4, -0.2) is 25.2 Å². The molecule has 0 bridgehead atoms. The van der Waals surface area contributed by atoms with Crippen molar-refractivity contribution in [3.8, 4) is 0 Å². The number of carbonyl (C=O) groups is 2. The molecule has 1 atom stereocenters. The van der Waals surface area contributed by atoms with Crippen molar-refractivity contribution in [2.45, 2.75) is 39.7 Å². The van der Waals surface area contributed by atoms with E-state index in [1.54, 1.807) is 29.2 Å². The molecule has 1 fully saturated rings. The smallest absolute Gasteiger partial charge is 0.414 e. The van der Waals surface area contributed by atoms with Gasteiger partial charge in [0.25, 0.3) is 5.91 Å². The summed E-state index contributed by atoms with van der Waals surface area (Å²) in [6, 6.07) is 15.4. The van der Waals surface area contributed by atoms with E-state index in [0.717, 1.165) is 11.3 Å². The van der Waals surface area contributed by atoms with E-state index < -0.39 is 0 Å². The fraction of sp³-hybridized carbons (Fsp3) is 0.391. The van der Waals surface area contributed by atoms with Gasteiger partial charge in [0.2, 0.25) is 0 Å². The van der Waals surface area contributed by atoms with Gasteiger partial charge in [0.15, 0.2) is 0 Å². The standard InChI is InChI=1S/C23H28N2O3/c1-15(2)17-5-7-18(8-6-17)21(16(3)4)24-22(26)19-9-11-20(12-10-19)25-13-14-28-23(25)27/h5-12,15-16,21H,13-14H2,1-4H3,(H,24,26). The zero-order valence-corrected chi connectivity index (χ0v) is 16.9. The molecule has 1 saturated heterocycles. The van der Waals surface area contributed by atoms with Gasteiger partial charge in [-0.1, -0.05) is 52.0 Å². The van der Waals surface area contributed by atoms with Crippen molar-refractivity contribution >= 4 is 17.7 Å². The lowest BCUT2D eigenvalue weighted by molar-refractivity contribution is 0.0925. The van der Waals surface area contributed by atoms with Gasteiger partial charge in [0.1, 0.15) is 6.61 Å². The second-order valence-electron chi connectivity index (χ2n) is 7.83. The number of nitrogens with zero attached hydrogens (tertiary/aromatic N) is 1. The predicted molar refractivity (Wildman–Crippen MR) is 111 cm³/mol. The highest BCUT2D eigenvalue weighted by molar-refractivity contribution is 5.96. The van der Waals surface area contributed by atoms with Crippen LogP contribution in [0.1, 0.15) is 61.1 Å². The molecule has 148 valence electrons. The highest BCUT2D eigenvalue weighted by Crippen LogP contribution is 2.25. The van der Waals surface area contributed by atoms with Crippen LogP contribution in [0.3, 0.4) is 0 Å². The molecule has 2 aromatic rings. The maximum Gasteiger partial charge on any atom is 0.414 e. The Labute approximate surface area is 166 Å². The number of nitrogens with one attached hydrogen (secondary N) is 1. The summed E-state index contributed by atoms with van der Waals surface area (Å²) in [6.45, 7) is 9.47. The number of cyclic esters (lactones) is 1. The van der Waals surface area contributed by atoms with E-state index in [9.17, 15) is 9.59 Å². The molecular formula is C23H28N2O3. The quantitative estimate of drug-likeness (QED) is 0.776. The summed E-state index contributed by atoms with van der Waals surface area (Å²) in [5.74, 6) is 0.613.